The number of piperidine rings is 1. The third kappa shape index (κ3) is 3.81. The van der Waals surface area contributed by atoms with E-state index < -0.39 is 5.60 Å². The zero-order valence-corrected chi connectivity index (χ0v) is 17.2. The Kier molecular flexibility index (Phi) is 4.86. The van der Waals surface area contributed by atoms with E-state index in [9.17, 15) is 9.90 Å². The second kappa shape index (κ2) is 7.37. The number of pyridine rings is 1. The van der Waals surface area contributed by atoms with Crippen molar-refractivity contribution in [2.24, 2.45) is 0 Å². The number of nitrogens with zero attached hydrogens (tertiary/aromatic N) is 6. The average Bonchev–Trinajstić information content (AvgIpc) is 3.34. The molecular formula is C21H24N6O3. The molecular weight excluding hydrogens is 384 g/mol. The van der Waals surface area contributed by atoms with Crippen molar-refractivity contribution in [3.63, 3.8) is 0 Å². The summed E-state index contributed by atoms with van der Waals surface area (Å²) in [6.45, 7) is 6.78. The fourth-order valence-corrected chi connectivity index (χ4v) is 3.69. The molecule has 0 aliphatic carbocycles. The molecule has 1 fully saturated rings. The van der Waals surface area contributed by atoms with Crippen LogP contribution in [0.1, 0.15) is 45.2 Å². The molecule has 3 aromatic heterocycles. The lowest BCUT2D eigenvalue weighted by Crippen LogP contribution is -2.43. The first kappa shape index (κ1) is 19.8. The molecule has 30 heavy (non-hydrogen) atoms. The number of hydrogen-bond donors (Lipinski definition) is 1. The van der Waals surface area contributed by atoms with Crippen LogP contribution in [0, 0.1) is 11.3 Å². The van der Waals surface area contributed by atoms with Gasteiger partial charge in [0.1, 0.15) is 28.5 Å². The number of nitriles is 1. The van der Waals surface area contributed by atoms with Crippen LogP contribution in [-0.4, -0.2) is 54.2 Å². The van der Waals surface area contributed by atoms with E-state index in [2.05, 4.69) is 10.2 Å². The quantitative estimate of drug-likeness (QED) is 0.697. The van der Waals surface area contributed by atoms with E-state index in [1.807, 2.05) is 37.7 Å². The SMILES string of the molecule is CC(C)(C)OC(=O)N1CCCC(n2cc(-c3cc(O)c4c(C#N)cnn4c3)cn2)C1. The predicted molar refractivity (Wildman–Crippen MR) is 109 cm³/mol. The van der Waals surface area contributed by atoms with Crippen LogP contribution in [0.2, 0.25) is 0 Å². The maximum absolute atomic E-state index is 12.4. The van der Waals surface area contributed by atoms with Gasteiger partial charge in [0.15, 0.2) is 0 Å². The summed E-state index contributed by atoms with van der Waals surface area (Å²) in [4.78, 5) is 14.1. The molecule has 3 aromatic rings. The lowest BCUT2D eigenvalue weighted by atomic mass is 10.1. The van der Waals surface area contributed by atoms with Gasteiger partial charge in [0.25, 0.3) is 0 Å². The molecule has 0 saturated carbocycles. The Morgan fingerprint density at radius 1 is 1.27 bits per heavy atom. The van der Waals surface area contributed by atoms with Crippen LogP contribution in [0.15, 0.2) is 30.9 Å². The van der Waals surface area contributed by atoms with Gasteiger partial charge in [0.2, 0.25) is 0 Å². The van der Waals surface area contributed by atoms with E-state index in [0.717, 1.165) is 24.0 Å². The van der Waals surface area contributed by atoms with E-state index in [1.54, 1.807) is 23.4 Å². The molecule has 0 bridgehead atoms. The molecule has 4 rings (SSSR count). The van der Waals surface area contributed by atoms with E-state index in [4.69, 9.17) is 10.00 Å². The number of aromatic nitrogens is 4. The normalized spacial score (nSPS) is 17.1. The van der Waals surface area contributed by atoms with E-state index in [0.29, 0.717) is 24.2 Å². The number of hydrogen-bond acceptors (Lipinski definition) is 6. The van der Waals surface area contributed by atoms with Gasteiger partial charge in [-0.3, -0.25) is 4.68 Å². The fraction of sp³-hybridized carbons (Fsp3) is 0.429. The molecule has 9 nitrogen and oxygen atoms in total. The number of rotatable bonds is 2. The van der Waals surface area contributed by atoms with Gasteiger partial charge in [-0.15, -0.1) is 0 Å². The molecule has 0 spiro atoms. The van der Waals surface area contributed by atoms with Gasteiger partial charge in [0.05, 0.1) is 18.4 Å². The van der Waals surface area contributed by atoms with Crippen LogP contribution in [0.4, 0.5) is 4.79 Å². The third-order valence-corrected chi connectivity index (χ3v) is 5.07. The molecule has 1 atom stereocenters. The average molecular weight is 408 g/mol. The molecule has 1 aliphatic heterocycles. The van der Waals surface area contributed by atoms with E-state index >= 15 is 0 Å². The first-order chi connectivity index (χ1) is 14.2. The number of ether oxygens (including phenoxy) is 1. The summed E-state index contributed by atoms with van der Waals surface area (Å²) in [6, 6.07) is 3.67. The monoisotopic (exact) mass is 408 g/mol. The topological polar surface area (TPSA) is 109 Å². The Morgan fingerprint density at radius 3 is 2.80 bits per heavy atom. The zero-order chi connectivity index (χ0) is 21.5. The number of fused-ring (bicyclic) bond motifs is 1. The molecule has 0 aromatic carbocycles. The number of likely N-dealkylation sites (tertiary alicyclic amines) is 1. The van der Waals surface area contributed by atoms with Crippen molar-refractivity contribution in [1.82, 2.24) is 24.3 Å². The van der Waals surface area contributed by atoms with Gasteiger partial charge in [-0.05, 0) is 39.7 Å². The van der Waals surface area contributed by atoms with Crippen molar-refractivity contribution in [1.29, 1.82) is 5.26 Å². The number of aromatic hydroxyl groups is 1. The molecule has 1 N–H and O–H groups in total. The molecule has 156 valence electrons. The van der Waals surface area contributed by atoms with Crippen LogP contribution >= 0.6 is 0 Å². The maximum Gasteiger partial charge on any atom is 0.410 e. The predicted octanol–water partition coefficient (Wildman–Crippen LogP) is 3.35. The molecule has 1 aliphatic rings. The Balaban J connectivity index is 1.55. The lowest BCUT2D eigenvalue weighted by Gasteiger charge is -2.34. The largest absolute Gasteiger partial charge is 0.506 e. The van der Waals surface area contributed by atoms with E-state index in [1.165, 1.54) is 10.7 Å². The van der Waals surface area contributed by atoms with Crippen molar-refractivity contribution in [3.8, 4) is 22.9 Å². The highest BCUT2D eigenvalue weighted by Gasteiger charge is 2.29. The van der Waals surface area contributed by atoms with Gasteiger partial charge in [-0.1, -0.05) is 0 Å². The van der Waals surface area contributed by atoms with Crippen LogP contribution in [-0.2, 0) is 4.74 Å². The second-order valence-electron chi connectivity index (χ2n) is 8.51. The summed E-state index contributed by atoms with van der Waals surface area (Å²) in [5.41, 5.74) is 1.73. The number of carbonyl (C=O) groups excluding carboxylic acids is 1. The maximum atomic E-state index is 12.4. The van der Waals surface area contributed by atoms with Crippen molar-refractivity contribution in [3.05, 3.63) is 36.4 Å². The Hall–Kier alpha value is -3.54. The number of amides is 1. The third-order valence-electron chi connectivity index (χ3n) is 5.07. The minimum atomic E-state index is -0.526. The van der Waals surface area contributed by atoms with Crippen LogP contribution < -0.4 is 0 Å². The zero-order valence-electron chi connectivity index (χ0n) is 17.2. The smallest absolute Gasteiger partial charge is 0.410 e. The van der Waals surface area contributed by atoms with E-state index in [-0.39, 0.29) is 17.9 Å². The summed E-state index contributed by atoms with van der Waals surface area (Å²) in [6.07, 6.45) is 8.29. The first-order valence-electron chi connectivity index (χ1n) is 9.88. The molecule has 1 saturated heterocycles. The van der Waals surface area contributed by atoms with Crippen molar-refractivity contribution in [2.75, 3.05) is 13.1 Å². The summed E-state index contributed by atoms with van der Waals surface area (Å²) < 4.78 is 8.85. The lowest BCUT2D eigenvalue weighted by molar-refractivity contribution is 0.0167. The highest BCUT2D eigenvalue weighted by atomic mass is 16.6. The first-order valence-corrected chi connectivity index (χ1v) is 9.88. The Labute approximate surface area is 174 Å². The van der Waals surface area contributed by atoms with Crippen molar-refractivity contribution in [2.45, 2.75) is 45.3 Å². The highest BCUT2D eigenvalue weighted by Crippen LogP contribution is 2.30. The molecule has 1 amide bonds. The summed E-state index contributed by atoms with van der Waals surface area (Å²) in [5.74, 6) is -0.0110. The molecule has 4 heterocycles. The van der Waals surface area contributed by atoms with Crippen molar-refractivity contribution < 1.29 is 14.6 Å². The van der Waals surface area contributed by atoms with Crippen LogP contribution in [0.25, 0.3) is 16.6 Å². The standard InChI is InChI=1S/C21H24N6O3/c1-21(2,3)30-20(29)25-6-4-5-17(13-25)26-12-16(10-23-26)14-7-18(28)19-15(8-22)9-24-27(19)11-14/h7,9-12,17,28H,4-6,13H2,1-3H3. The molecule has 1 unspecified atom stereocenters. The van der Waals surface area contributed by atoms with Gasteiger partial charge in [-0.2, -0.15) is 15.5 Å². The van der Waals surface area contributed by atoms with Gasteiger partial charge < -0.3 is 14.7 Å². The highest BCUT2D eigenvalue weighted by molar-refractivity contribution is 5.74. The summed E-state index contributed by atoms with van der Waals surface area (Å²) >= 11 is 0. The van der Waals surface area contributed by atoms with Gasteiger partial charge >= 0.3 is 6.09 Å². The van der Waals surface area contributed by atoms with Gasteiger partial charge in [-0.25, -0.2) is 9.31 Å². The minimum Gasteiger partial charge on any atom is -0.506 e. The molecule has 9 heteroatoms. The minimum absolute atomic E-state index is 0.0110. The molecule has 0 radical (unpaired) electrons. The second-order valence-corrected chi connectivity index (χ2v) is 8.51. The Bertz CT molecular complexity index is 1130. The van der Waals surface area contributed by atoms with Crippen LogP contribution in [0.3, 0.4) is 0 Å². The summed E-state index contributed by atoms with van der Waals surface area (Å²) in [7, 11) is 0. The summed E-state index contributed by atoms with van der Waals surface area (Å²) in [5, 5.41) is 28.1. The van der Waals surface area contributed by atoms with Crippen LogP contribution in [0.5, 0.6) is 5.75 Å². The van der Waals surface area contributed by atoms with Gasteiger partial charge in [0, 0.05) is 36.6 Å². The fourth-order valence-electron chi connectivity index (χ4n) is 3.69. The number of carbonyl (C=O) groups is 1. The Morgan fingerprint density at radius 2 is 2.07 bits per heavy atom. The van der Waals surface area contributed by atoms with Crippen molar-refractivity contribution >= 4 is 11.6 Å².